The third kappa shape index (κ3) is 4.02. The molecule has 0 atom stereocenters. The maximum absolute atomic E-state index is 13.1. The predicted molar refractivity (Wildman–Crippen MR) is 89.4 cm³/mol. The molecule has 130 valence electrons. The monoisotopic (exact) mass is 366 g/mol. The van der Waals surface area contributed by atoms with E-state index in [1.807, 2.05) is 0 Å². The van der Waals surface area contributed by atoms with Crippen molar-refractivity contribution < 1.29 is 13.2 Å². The highest BCUT2D eigenvalue weighted by atomic mass is 32.1. The minimum absolute atomic E-state index is 0.0793. The highest BCUT2D eigenvalue weighted by Gasteiger charge is 2.16. The summed E-state index contributed by atoms with van der Waals surface area (Å²) in [6.07, 6.45) is 0.296. The number of hydrazone groups is 1. The van der Waals surface area contributed by atoms with Gasteiger partial charge < -0.3 is 0 Å². The molecule has 0 unspecified atom stereocenters. The van der Waals surface area contributed by atoms with Gasteiger partial charge >= 0.3 is 0 Å². The highest BCUT2D eigenvalue weighted by Crippen LogP contribution is 2.26. The topological polar surface area (TPSA) is 68.0 Å². The molecule has 0 bridgehead atoms. The number of alkyl halides is 2. The van der Waals surface area contributed by atoms with Crippen LogP contribution in [0.15, 0.2) is 29.5 Å². The lowest BCUT2D eigenvalue weighted by atomic mass is 10.1. The van der Waals surface area contributed by atoms with Gasteiger partial charge in [0.1, 0.15) is 5.69 Å². The maximum Gasteiger partial charge on any atom is 0.280 e. The van der Waals surface area contributed by atoms with Gasteiger partial charge in [-0.15, -0.1) is 11.3 Å². The van der Waals surface area contributed by atoms with E-state index in [1.54, 1.807) is 30.9 Å². The Hall–Kier alpha value is -2.75. The van der Waals surface area contributed by atoms with Gasteiger partial charge in [-0.3, -0.25) is 4.68 Å². The van der Waals surface area contributed by atoms with Crippen LogP contribution in [0.4, 0.5) is 19.1 Å². The summed E-state index contributed by atoms with van der Waals surface area (Å²) in [4.78, 5) is 8.52. The van der Waals surface area contributed by atoms with Crippen molar-refractivity contribution in [3.8, 4) is 11.3 Å². The van der Waals surface area contributed by atoms with E-state index >= 15 is 0 Å². The minimum atomic E-state index is -2.75. The lowest BCUT2D eigenvalue weighted by Gasteiger charge is -2.06. The summed E-state index contributed by atoms with van der Waals surface area (Å²) in [7, 11) is 1.73. The Kier molecular flexibility index (Phi) is 4.79. The SMILES string of the molecule is Cc1nn(C)cc1-c1cc(C(F)F)nc(NN=Cc2ccc(F)s2)n1. The third-order valence-corrected chi connectivity index (χ3v) is 4.02. The Morgan fingerprint density at radius 2 is 2.12 bits per heavy atom. The smallest absolute Gasteiger partial charge is 0.275 e. The zero-order valence-electron chi connectivity index (χ0n) is 13.2. The summed E-state index contributed by atoms with van der Waals surface area (Å²) in [6, 6.07) is 4.08. The van der Waals surface area contributed by atoms with Crippen molar-refractivity contribution >= 4 is 23.5 Å². The average Bonchev–Trinajstić information content (AvgIpc) is 3.12. The summed E-state index contributed by atoms with van der Waals surface area (Å²) in [5, 5.41) is 7.71. The Labute approximate surface area is 145 Å². The van der Waals surface area contributed by atoms with Crippen molar-refractivity contribution in [1.82, 2.24) is 19.7 Å². The van der Waals surface area contributed by atoms with Crippen molar-refractivity contribution in [1.29, 1.82) is 0 Å². The van der Waals surface area contributed by atoms with Gasteiger partial charge in [-0.1, -0.05) is 0 Å². The van der Waals surface area contributed by atoms with E-state index in [9.17, 15) is 13.2 Å². The molecule has 0 radical (unpaired) electrons. The van der Waals surface area contributed by atoms with Crippen LogP contribution in [0.2, 0.25) is 0 Å². The first kappa shape index (κ1) is 17.1. The largest absolute Gasteiger partial charge is 0.280 e. The van der Waals surface area contributed by atoms with Crippen molar-refractivity contribution in [2.24, 2.45) is 12.1 Å². The number of aromatic nitrogens is 4. The van der Waals surface area contributed by atoms with Crippen LogP contribution in [0.3, 0.4) is 0 Å². The highest BCUT2D eigenvalue weighted by molar-refractivity contribution is 7.12. The molecule has 0 aliphatic heterocycles. The van der Waals surface area contributed by atoms with Crippen molar-refractivity contribution in [3.05, 3.63) is 45.8 Å². The lowest BCUT2D eigenvalue weighted by molar-refractivity contribution is 0.146. The van der Waals surface area contributed by atoms with Gasteiger partial charge in [0.2, 0.25) is 5.95 Å². The fraction of sp³-hybridized carbons (Fsp3) is 0.200. The maximum atomic E-state index is 13.1. The van der Waals surface area contributed by atoms with Gasteiger partial charge in [-0.05, 0) is 25.1 Å². The van der Waals surface area contributed by atoms with E-state index in [4.69, 9.17) is 0 Å². The summed E-state index contributed by atoms with van der Waals surface area (Å²) in [5.41, 5.74) is 3.68. The summed E-state index contributed by atoms with van der Waals surface area (Å²) in [5.74, 6) is -0.0793. The van der Waals surface area contributed by atoms with Crippen LogP contribution in [0.1, 0.15) is 22.7 Å². The zero-order chi connectivity index (χ0) is 18.0. The van der Waals surface area contributed by atoms with Gasteiger partial charge in [-0.2, -0.15) is 14.6 Å². The molecule has 0 amide bonds. The van der Waals surface area contributed by atoms with Gasteiger partial charge in [0, 0.05) is 18.8 Å². The van der Waals surface area contributed by atoms with E-state index in [0.717, 1.165) is 11.3 Å². The molecule has 3 heterocycles. The molecular formula is C15H13F3N6S. The van der Waals surface area contributed by atoms with Crippen LogP contribution in [0.25, 0.3) is 11.3 Å². The molecule has 10 heteroatoms. The van der Waals surface area contributed by atoms with Crippen LogP contribution < -0.4 is 5.43 Å². The molecule has 0 saturated heterocycles. The van der Waals surface area contributed by atoms with Gasteiger partial charge in [0.05, 0.1) is 22.5 Å². The first-order chi connectivity index (χ1) is 11.9. The van der Waals surface area contributed by atoms with Crippen molar-refractivity contribution in [2.45, 2.75) is 13.3 Å². The normalized spacial score (nSPS) is 11.6. The van der Waals surface area contributed by atoms with Gasteiger partial charge in [0.25, 0.3) is 6.43 Å². The fourth-order valence-corrected chi connectivity index (χ4v) is 2.77. The first-order valence-electron chi connectivity index (χ1n) is 7.14. The number of nitrogens with zero attached hydrogens (tertiary/aromatic N) is 5. The molecule has 0 aliphatic rings. The summed E-state index contributed by atoms with van der Waals surface area (Å²) >= 11 is 0.908. The molecule has 3 rings (SSSR count). The molecular weight excluding hydrogens is 353 g/mol. The summed E-state index contributed by atoms with van der Waals surface area (Å²) in [6.45, 7) is 1.76. The first-order valence-corrected chi connectivity index (χ1v) is 7.96. The quantitative estimate of drug-likeness (QED) is 0.551. The number of aryl methyl sites for hydroxylation is 2. The second-order valence-corrected chi connectivity index (χ2v) is 6.18. The average molecular weight is 366 g/mol. The molecule has 3 aromatic rings. The van der Waals surface area contributed by atoms with E-state index in [1.165, 1.54) is 18.3 Å². The lowest BCUT2D eigenvalue weighted by Crippen LogP contribution is -2.02. The van der Waals surface area contributed by atoms with Gasteiger partial charge in [-0.25, -0.2) is 24.2 Å². The Morgan fingerprint density at radius 3 is 2.72 bits per heavy atom. The number of anilines is 1. The number of thiophene rings is 1. The molecule has 0 aromatic carbocycles. The Morgan fingerprint density at radius 1 is 1.32 bits per heavy atom. The fourth-order valence-electron chi connectivity index (χ4n) is 2.17. The molecule has 0 fully saturated rings. The van der Waals surface area contributed by atoms with Crippen molar-refractivity contribution in [3.63, 3.8) is 0 Å². The number of halogens is 3. The molecule has 0 spiro atoms. The van der Waals surface area contributed by atoms with Crippen molar-refractivity contribution in [2.75, 3.05) is 5.43 Å². The predicted octanol–water partition coefficient (Wildman–Crippen LogP) is 3.77. The van der Waals surface area contributed by atoms with Crippen LogP contribution >= 0.6 is 11.3 Å². The zero-order valence-corrected chi connectivity index (χ0v) is 14.1. The Bertz CT molecular complexity index is 918. The molecule has 6 nitrogen and oxygen atoms in total. The second kappa shape index (κ2) is 7.01. The van der Waals surface area contributed by atoms with E-state index < -0.39 is 12.1 Å². The van der Waals surface area contributed by atoms with Crippen LogP contribution in [0.5, 0.6) is 0 Å². The van der Waals surface area contributed by atoms with Crippen LogP contribution in [-0.4, -0.2) is 26.0 Å². The molecule has 25 heavy (non-hydrogen) atoms. The number of rotatable bonds is 5. The standard InChI is InChI=1S/C15H13F3N6S/c1-8-10(7-24(2)23-8)11-5-12(14(17)18)21-15(20-11)22-19-6-9-3-4-13(16)25-9/h3-7,14H,1-2H3,(H,20,21,22). The van der Waals surface area contributed by atoms with E-state index in [0.29, 0.717) is 21.8 Å². The molecule has 3 aromatic heterocycles. The molecule has 0 aliphatic carbocycles. The number of hydrogen-bond donors (Lipinski definition) is 1. The van der Waals surface area contributed by atoms with E-state index in [-0.39, 0.29) is 11.1 Å². The van der Waals surface area contributed by atoms with E-state index in [2.05, 4.69) is 25.6 Å². The summed E-state index contributed by atoms with van der Waals surface area (Å²) < 4.78 is 40.7. The number of hydrogen-bond acceptors (Lipinski definition) is 6. The number of nitrogens with one attached hydrogen (secondary N) is 1. The van der Waals surface area contributed by atoms with Crippen LogP contribution in [0, 0.1) is 12.1 Å². The second-order valence-electron chi connectivity index (χ2n) is 5.12. The molecule has 1 N–H and O–H groups in total. The minimum Gasteiger partial charge on any atom is -0.275 e. The van der Waals surface area contributed by atoms with Gasteiger partial charge in [0.15, 0.2) is 5.13 Å². The van der Waals surface area contributed by atoms with Crippen LogP contribution in [-0.2, 0) is 7.05 Å². The third-order valence-electron chi connectivity index (χ3n) is 3.21. The molecule has 0 saturated carbocycles. The Balaban J connectivity index is 1.90.